The fraction of sp³-hybridized carbons (Fsp3) is 0.429. The van der Waals surface area contributed by atoms with Gasteiger partial charge in [-0.2, -0.15) is 0 Å². The smallest absolute Gasteiger partial charge is 0.195 e. The van der Waals surface area contributed by atoms with Crippen molar-refractivity contribution in [1.29, 1.82) is 0 Å². The van der Waals surface area contributed by atoms with Gasteiger partial charge in [-0.15, -0.1) is 0 Å². The van der Waals surface area contributed by atoms with Gasteiger partial charge in [-0.3, -0.25) is 9.59 Å². The molecular weight excluding hydrogens is 312 g/mol. The van der Waals surface area contributed by atoms with E-state index in [9.17, 15) is 9.59 Å². The van der Waals surface area contributed by atoms with Gasteiger partial charge in [-0.1, -0.05) is 44.2 Å². The van der Waals surface area contributed by atoms with Crippen LogP contribution in [0.3, 0.4) is 0 Å². The second-order valence-electron chi connectivity index (χ2n) is 7.07. The van der Waals surface area contributed by atoms with Gasteiger partial charge < -0.3 is 10.3 Å². The number of benzene rings is 1. The molecule has 1 aromatic heterocycles. The summed E-state index contributed by atoms with van der Waals surface area (Å²) in [6.07, 6.45) is 0. The van der Waals surface area contributed by atoms with Crippen LogP contribution in [0.15, 0.2) is 30.3 Å². The Hall–Kier alpha value is -2.20. The van der Waals surface area contributed by atoms with Gasteiger partial charge in [-0.25, -0.2) is 0 Å². The Balaban J connectivity index is 2.25. The predicted octanol–water partition coefficient (Wildman–Crippen LogP) is 4.39. The van der Waals surface area contributed by atoms with Crippen LogP contribution in [0.5, 0.6) is 0 Å². The van der Waals surface area contributed by atoms with Gasteiger partial charge in [-0.05, 0) is 44.7 Å². The molecular formula is C21H28N2O2. The topological polar surface area (TPSA) is 62.0 Å². The average molecular weight is 340 g/mol. The molecule has 2 rings (SSSR count). The van der Waals surface area contributed by atoms with E-state index in [4.69, 9.17) is 0 Å². The lowest BCUT2D eigenvalue weighted by molar-refractivity contribution is 0.0934. The normalized spacial score (nSPS) is 13.7. The predicted molar refractivity (Wildman–Crippen MR) is 101 cm³/mol. The minimum atomic E-state index is -0.357. The summed E-state index contributed by atoms with van der Waals surface area (Å²) in [5, 5.41) is 3.46. The summed E-state index contributed by atoms with van der Waals surface area (Å²) >= 11 is 0. The maximum atomic E-state index is 12.9. The molecule has 0 spiro atoms. The molecule has 0 radical (unpaired) electrons. The number of aromatic amines is 1. The third-order valence-electron chi connectivity index (χ3n) is 4.68. The summed E-state index contributed by atoms with van der Waals surface area (Å²) in [5.41, 5.74) is 3.81. The van der Waals surface area contributed by atoms with Crippen LogP contribution >= 0.6 is 0 Å². The molecule has 0 aliphatic carbocycles. The first kappa shape index (κ1) is 19.1. The molecule has 2 N–H and O–H groups in total. The maximum Gasteiger partial charge on any atom is 0.195 e. The number of Topliss-reactive ketones (excluding diaryl/α,β-unsaturated/α-hetero) is 2. The Morgan fingerprint density at radius 1 is 1.04 bits per heavy atom. The van der Waals surface area contributed by atoms with E-state index in [1.165, 1.54) is 12.5 Å². The van der Waals surface area contributed by atoms with E-state index >= 15 is 0 Å². The highest BCUT2D eigenvalue weighted by molar-refractivity contribution is 6.05. The van der Waals surface area contributed by atoms with Gasteiger partial charge in [0.2, 0.25) is 0 Å². The van der Waals surface area contributed by atoms with Crippen LogP contribution in [0.4, 0.5) is 0 Å². The van der Waals surface area contributed by atoms with Crippen LogP contribution in [-0.2, 0) is 0 Å². The van der Waals surface area contributed by atoms with Crippen molar-refractivity contribution in [1.82, 2.24) is 10.3 Å². The summed E-state index contributed by atoms with van der Waals surface area (Å²) in [4.78, 5) is 27.8. The highest BCUT2D eigenvalue weighted by atomic mass is 16.1. The maximum absolute atomic E-state index is 12.9. The number of hydrogen-bond donors (Lipinski definition) is 2. The molecule has 0 aliphatic rings. The lowest BCUT2D eigenvalue weighted by Crippen LogP contribution is -2.39. The molecule has 0 bridgehead atoms. The van der Waals surface area contributed by atoms with Crippen LogP contribution in [0.25, 0.3) is 0 Å². The highest BCUT2D eigenvalue weighted by Crippen LogP contribution is 2.24. The second kappa shape index (κ2) is 7.79. The number of nitrogens with one attached hydrogen (secondary N) is 2. The molecule has 25 heavy (non-hydrogen) atoms. The average Bonchev–Trinajstić information content (AvgIpc) is 2.86. The largest absolute Gasteiger partial charge is 0.355 e. The summed E-state index contributed by atoms with van der Waals surface area (Å²) in [5.74, 6) is 0.307. The van der Waals surface area contributed by atoms with E-state index in [0.717, 1.165) is 11.3 Å². The second-order valence-corrected chi connectivity index (χ2v) is 7.07. The lowest BCUT2D eigenvalue weighted by atomic mass is 9.94. The number of aromatic nitrogens is 1. The standard InChI is InChI=1S/C21H28N2O2/c1-12(2)19(17-10-8-7-9-11-17)23-15(5)21(25)20-13(3)18(16(6)24)14(4)22-20/h7-12,15,19,22-23H,1-6H3/t15-,19-/m0/s1. The lowest BCUT2D eigenvalue weighted by Gasteiger charge is -2.26. The summed E-state index contributed by atoms with van der Waals surface area (Å²) in [6, 6.07) is 9.89. The van der Waals surface area contributed by atoms with E-state index in [2.05, 4.69) is 36.3 Å². The van der Waals surface area contributed by atoms with Crippen molar-refractivity contribution < 1.29 is 9.59 Å². The zero-order valence-electron chi connectivity index (χ0n) is 15.9. The molecule has 134 valence electrons. The SMILES string of the molecule is CC(=O)c1c(C)[nH]c(C(=O)[C@H](C)N[C@H](c2ccccc2)C(C)C)c1C. The molecule has 0 aliphatic heterocycles. The Morgan fingerprint density at radius 2 is 1.64 bits per heavy atom. The molecule has 4 heteroatoms. The zero-order chi connectivity index (χ0) is 18.7. The van der Waals surface area contributed by atoms with Crippen molar-refractivity contribution in [3.63, 3.8) is 0 Å². The Kier molecular flexibility index (Phi) is 5.96. The molecule has 2 atom stereocenters. The third kappa shape index (κ3) is 4.07. The monoisotopic (exact) mass is 340 g/mol. The molecule has 0 fully saturated rings. The number of rotatable bonds is 7. The first-order chi connectivity index (χ1) is 11.7. The first-order valence-electron chi connectivity index (χ1n) is 8.79. The van der Waals surface area contributed by atoms with Crippen LogP contribution in [0.1, 0.15) is 71.4 Å². The van der Waals surface area contributed by atoms with Crippen molar-refractivity contribution in [3.8, 4) is 0 Å². The van der Waals surface area contributed by atoms with Crippen LogP contribution < -0.4 is 5.32 Å². The van der Waals surface area contributed by atoms with Gasteiger partial charge in [0, 0.05) is 17.3 Å². The Bertz CT molecular complexity index is 760. The summed E-state index contributed by atoms with van der Waals surface area (Å²) < 4.78 is 0. The van der Waals surface area contributed by atoms with Crippen molar-refractivity contribution in [3.05, 3.63) is 58.4 Å². The van der Waals surface area contributed by atoms with Crippen molar-refractivity contribution >= 4 is 11.6 Å². The van der Waals surface area contributed by atoms with Crippen molar-refractivity contribution in [2.75, 3.05) is 0 Å². The van der Waals surface area contributed by atoms with Gasteiger partial charge in [0.05, 0.1) is 11.7 Å². The molecule has 0 unspecified atom stereocenters. The van der Waals surface area contributed by atoms with Crippen LogP contribution in [0, 0.1) is 19.8 Å². The van der Waals surface area contributed by atoms with Gasteiger partial charge >= 0.3 is 0 Å². The number of aryl methyl sites for hydroxylation is 1. The first-order valence-corrected chi connectivity index (χ1v) is 8.79. The molecule has 0 saturated heterocycles. The van der Waals surface area contributed by atoms with E-state index in [1.807, 2.05) is 39.0 Å². The molecule has 0 amide bonds. The van der Waals surface area contributed by atoms with E-state index in [-0.39, 0.29) is 23.7 Å². The highest BCUT2D eigenvalue weighted by Gasteiger charge is 2.26. The minimum absolute atomic E-state index is 0.0183. The van der Waals surface area contributed by atoms with Crippen molar-refractivity contribution in [2.24, 2.45) is 5.92 Å². The number of carbonyl (C=O) groups is 2. The molecule has 1 aromatic carbocycles. The molecule has 2 aromatic rings. The van der Waals surface area contributed by atoms with E-state index in [1.54, 1.807) is 0 Å². The fourth-order valence-electron chi connectivity index (χ4n) is 3.42. The van der Waals surface area contributed by atoms with Gasteiger partial charge in [0.1, 0.15) is 0 Å². The summed E-state index contributed by atoms with van der Waals surface area (Å²) in [6.45, 7) is 11.4. The number of ketones is 2. The van der Waals surface area contributed by atoms with E-state index in [0.29, 0.717) is 17.2 Å². The molecule has 1 heterocycles. The minimum Gasteiger partial charge on any atom is -0.355 e. The van der Waals surface area contributed by atoms with E-state index < -0.39 is 0 Å². The fourth-order valence-corrected chi connectivity index (χ4v) is 3.42. The third-order valence-corrected chi connectivity index (χ3v) is 4.68. The Labute approximate surface area is 150 Å². The van der Waals surface area contributed by atoms with Gasteiger partial charge in [0.15, 0.2) is 11.6 Å². The van der Waals surface area contributed by atoms with Gasteiger partial charge in [0.25, 0.3) is 0 Å². The van der Waals surface area contributed by atoms with Crippen LogP contribution in [-0.4, -0.2) is 22.6 Å². The quantitative estimate of drug-likeness (QED) is 0.735. The van der Waals surface area contributed by atoms with Crippen LogP contribution in [0.2, 0.25) is 0 Å². The zero-order valence-corrected chi connectivity index (χ0v) is 15.9. The molecule has 0 saturated carbocycles. The number of H-pyrrole nitrogens is 1. The number of carbonyl (C=O) groups excluding carboxylic acids is 2. The Morgan fingerprint density at radius 3 is 2.12 bits per heavy atom. The molecule has 4 nitrogen and oxygen atoms in total. The van der Waals surface area contributed by atoms with Crippen molar-refractivity contribution in [2.45, 2.75) is 53.6 Å². The number of hydrogen-bond acceptors (Lipinski definition) is 3. The summed E-state index contributed by atoms with van der Waals surface area (Å²) in [7, 11) is 0.